The molecule has 0 aliphatic rings. The van der Waals surface area contributed by atoms with Crippen molar-refractivity contribution in [2.75, 3.05) is 5.32 Å². The maximum atomic E-state index is 12.1. The fourth-order valence-electron chi connectivity index (χ4n) is 2.12. The molecule has 2 rings (SSSR count). The summed E-state index contributed by atoms with van der Waals surface area (Å²) in [6.45, 7) is 1.45. The van der Waals surface area contributed by atoms with E-state index in [1.807, 2.05) is 6.07 Å². The van der Waals surface area contributed by atoms with Gasteiger partial charge in [-0.1, -0.05) is 12.1 Å². The third-order valence-corrected chi connectivity index (χ3v) is 4.38. The molecule has 0 radical (unpaired) electrons. The summed E-state index contributed by atoms with van der Waals surface area (Å²) >= 11 is 1.16. The number of benzene rings is 1. The Kier molecular flexibility index (Phi) is 6.47. The second-order valence-corrected chi connectivity index (χ2v) is 6.37. The van der Waals surface area contributed by atoms with Crippen LogP contribution in [0.5, 0.6) is 0 Å². The molecule has 3 N–H and O–H groups in total. The summed E-state index contributed by atoms with van der Waals surface area (Å²) in [5.41, 5.74) is 6.87. The van der Waals surface area contributed by atoms with Crippen LogP contribution in [0.1, 0.15) is 34.8 Å². The standard InChI is InChI=1S/C18H17N3O4S/c1-11(17(24)21-18-14(16(20)23)8-9-26-18)25-15(22)7-6-12-2-4-13(10-19)5-3-12/h2-5,8-9,11H,6-7H2,1H3,(H2,20,23)(H,21,24)/t11-/m1/s1. The first kappa shape index (κ1) is 19.1. The molecule has 0 fully saturated rings. The number of nitriles is 1. The minimum atomic E-state index is -1.01. The van der Waals surface area contributed by atoms with Gasteiger partial charge in [0.05, 0.1) is 17.2 Å². The number of aryl methyl sites for hydroxylation is 1. The topological polar surface area (TPSA) is 122 Å². The fourth-order valence-corrected chi connectivity index (χ4v) is 2.91. The lowest BCUT2D eigenvalue weighted by molar-refractivity contribution is -0.153. The van der Waals surface area contributed by atoms with Crippen LogP contribution in [0.15, 0.2) is 35.7 Å². The van der Waals surface area contributed by atoms with E-state index in [0.29, 0.717) is 17.0 Å². The highest BCUT2D eigenvalue weighted by Crippen LogP contribution is 2.23. The molecule has 2 amide bonds. The molecule has 26 heavy (non-hydrogen) atoms. The number of anilines is 1. The Morgan fingerprint density at radius 1 is 1.27 bits per heavy atom. The highest BCUT2D eigenvalue weighted by molar-refractivity contribution is 7.14. The van der Waals surface area contributed by atoms with E-state index in [1.54, 1.807) is 29.6 Å². The van der Waals surface area contributed by atoms with E-state index < -0.39 is 23.9 Å². The van der Waals surface area contributed by atoms with Gasteiger partial charge in [-0.25, -0.2) is 0 Å². The van der Waals surface area contributed by atoms with E-state index in [4.69, 9.17) is 15.7 Å². The van der Waals surface area contributed by atoms with Crippen molar-refractivity contribution < 1.29 is 19.1 Å². The Labute approximate surface area is 154 Å². The van der Waals surface area contributed by atoms with Crippen molar-refractivity contribution in [2.45, 2.75) is 25.9 Å². The van der Waals surface area contributed by atoms with Crippen LogP contribution in [0.4, 0.5) is 5.00 Å². The Bertz CT molecular complexity index is 852. The molecule has 0 saturated carbocycles. The normalized spacial score (nSPS) is 11.2. The van der Waals surface area contributed by atoms with E-state index >= 15 is 0 Å². The number of rotatable bonds is 7. The van der Waals surface area contributed by atoms with Crippen LogP contribution in [-0.4, -0.2) is 23.9 Å². The highest BCUT2D eigenvalue weighted by atomic mass is 32.1. The number of ether oxygens (including phenoxy) is 1. The number of carbonyl (C=O) groups is 3. The Balaban J connectivity index is 1.83. The number of hydrogen-bond donors (Lipinski definition) is 2. The lowest BCUT2D eigenvalue weighted by atomic mass is 10.1. The van der Waals surface area contributed by atoms with Crippen molar-refractivity contribution in [3.8, 4) is 6.07 Å². The van der Waals surface area contributed by atoms with Gasteiger partial charge < -0.3 is 15.8 Å². The van der Waals surface area contributed by atoms with Gasteiger partial charge in [-0.15, -0.1) is 11.3 Å². The molecule has 1 atom stereocenters. The molecule has 7 nitrogen and oxygen atoms in total. The van der Waals surface area contributed by atoms with Crippen LogP contribution >= 0.6 is 11.3 Å². The number of amides is 2. The lowest BCUT2D eigenvalue weighted by Gasteiger charge is -2.13. The molecule has 0 aliphatic carbocycles. The summed E-state index contributed by atoms with van der Waals surface area (Å²) in [4.78, 5) is 35.3. The van der Waals surface area contributed by atoms with Crippen molar-refractivity contribution in [3.05, 3.63) is 52.4 Å². The van der Waals surface area contributed by atoms with Crippen LogP contribution in [0.2, 0.25) is 0 Å². The number of hydrogen-bond acceptors (Lipinski definition) is 6. The predicted molar refractivity (Wildman–Crippen MR) is 96.5 cm³/mol. The molecule has 1 heterocycles. The number of primary amides is 1. The number of carbonyl (C=O) groups excluding carboxylic acids is 3. The number of thiophene rings is 1. The summed E-state index contributed by atoms with van der Waals surface area (Å²) in [6.07, 6.45) is -0.462. The summed E-state index contributed by atoms with van der Waals surface area (Å²) in [5.74, 6) is -1.70. The molecular formula is C18H17N3O4S. The molecule has 1 aromatic carbocycles. The van der Waals surface area contributed by atoms with Crippen molar-refractivity contribution in [1.82, 2.24) is 0 Å². The quantitative estimate of drug-likeness (QED) is 0.723. The van der Waals surface area contributed by atoms with Gasteiger partial charge in [0, 0.05) is 6.42 Å². The average Bonchev–Trinajstić information content (AvgIpc) is 3.08. The molecule has 8 heteroatoms. The van der Waals surface area contributed by atoms with Gasteiger partial charge in [0.25, 0.3) is 11.8 Å². The Morgan fingerprint density at radius 2 is 1.96 bits per heavy atom. The molecule has 0 bridgehead atoms. The van der Waals surface area contributed by atoms with Gasteiger partial charge in [0.1, 0.15) is 5.00 Å². The number of nitrogens with two attached hydrogens (primary N) is 1. The monoisotopic (exact) mass is 371 g/mol. The van der Waals surface area contributed by atoms with Crippen molar-refractivity contribution >= 4 is 34.1 Å². The van der Waals surface area contributed by atoms with Crippen LogP contribution < -0.4 is 11.1 Å². The van der Waals surface area contributed by atoms with Gasteiger partial charge in [-0.05, 0) is 42.5 Å². The van der Waals surface area contributed by atoms with E-state index in [2.05, 4.69) is 5.32 Å². The number of esters is 1. The zero-order chi connectivity index (χ0) is 19.1. The van der Waals surface area contributed by atoms with Crippen molar-refractivity contribution in [2.24, 2.45) is 5.73 Å². The van der Waals surface area contributed by atoms with Crippen molar-refractivity contribution in [1.29, 1.82) is 5.26 Å². The summed E-state index contributed by atoms with van der Waals surface area (Å²) in [6, 6.07) is 10.4. The maximum absolute atomic E-state index is 12.1. The summed E-state index contributed by atoms with van der Waals surface area (Å²) in [7, 11) is 0. The Hall–Kier alpha value is -3.18. The zero-order valence-electron chi connectivity index (χ0n) is 14.0. The SMILES string of the molecule is C[C@@H](OC(=O)CCc1ccc(C#N)cc1)C(=O)Nc1sccc1C(N)=O. The molecular weight excluding hydrogens is 354 g/mol. The van der Waals surface area contributed by atoms with E-state index in [-0.39, 0.29) is 12.0 Å². The third-order valence-electron chi connectivity index (χ3n) is 3.55. The number of nitrogens with zero attached hydrogens (tertiary/aromatic N) is 1. The predicted octanol–water partition coefficient (Wildman–Crippen LogP) is 2.22. The van der Waals surface area contributed by atoms with Gasteiger partial charge in [0.15, 0.2) is 6.10 Å². The second kappa shape index (κ2) is 8.78. The zero-order valence-corrected chi connectivity index (χ0v) is 14.8. The number of nitrogens with one attached hydrogen (secondary N) is 1. The largest absolute Gasteiger partial charge is 0.453 e. The first-order chi connectivity index (χ1) is 12.4. The van der Waals surface area contributed by atoms with Crippen LogP contribution in [-0.2, 0) is 20.7 Å². The van der Waals surface area contributed by atoms with Gasteiger partial charge >= 0.3 is 5.97 Å². The minimum absolute atomic E-state index is 0.106. The second-order valence-electron chi connectivity index (χ2n) is 5.46. The Morgan fingerprint density at radius 3 is 2.58 bits per heavy atom. The van der Waals surface area contributed by atoms with Crippen LogP contribution in [0, 0.1) is 11.3 Å². The molecule has 134 valence electrons. The first-order valence-electron chi connectivity index (χ1n) is 7.77. The molecule has 1 aromatic heterocycles. The van der Waals surface area contributed by atoms with E-state index in [1.165, 1.54) is 13.0 Å². The van der Waals surface area contributed by atoms with Crippen LogP contribution in [0.25, 0.3) is 0 Å². The lowest BCUT2D eigenvalue weighted by Crippen LogP contribution is -2.30. The van der Waals surface area contributed by atoms with Gasteiger partial charge in [-0.3, -0.25) is 14.4 Å². The maximum Gasteiger partial charge on any atom is 0.306 e. The fraction of sp³-hybridized carbons (Fsp3) is 0.222. The molecule has 0 unspecified atom stereocenters. The molecule has 2 aromatic rings. The molecule has 0 saturated heterocycles. The van der Waals surface area contributed by atoms with E-state index in [0.717, 1.165) is 16.9 Å². The third kappa shape index (κ3) is 5.16. The molecule has 0 spiro atoms. The minimum Gasteiger partial charge on any atom is -0.453 e. The summed E-state index contributed by atoms with van der Waals surface area (Å²) in [5, 5.41) is 13.2. The molecule has 0 aliphatic heterocycles. The van der Waals surface area contributed by atoms with Gasteiger partial charge in [0.2, 0.25) is 0 Å². The van der Waals surface area contributed by atoms with Gasteiger partial charge in [-0.2, -0.15) is 5.26 Å². The highest BCUT2D eigenvalue weighted by Gasteiger charge is 2.20. The van der Waals surface area contributed by atoms with E-state index in [9.17, 15) is 14.4 Å². The average molecular weight is 371 g/mol. The van der Waals surface area contributed by atoms with Crippen molar-refractivity contribution in [3.63, 3.8) is 0 Å². The smallest absolute Gasteiger partial charge is 0.306 e. The van der Waals surface area contributed by atoms with Crippen LogP contribution in [0.3, 0.4) is 0 Å². The summed E-state index contributed by atoms with van der Waals surface area (Å²) < 4.78 is 5.11. The first-order valence-corrected chi connectivity index (χ1v) is 8.65.